The highest BCUT2D eigenvalue weighted by molar-refractivity contribution is 6.00. The highest BCUT2D eigenvalue weighted by Gasteiger charge is 2.27. The minimum Gasteiger partial charge on any atom is -0.327 e. The largest absolute Gasteiger partial charge is 0.327 e. The monoisotopic (exact) mass is 268 g/mol. The molecule has 1 aliphatic rings. The van der Waals surface area contributed by atoms with Gasteiger partial charge < -0.3 is 5.73 Å². The van der Waals surface area contributed by atoms with Crippen molar-refractivity contribution in [2.24, 2.45) is 5.73 Å². The van der Waals surface area contributed by atoms with Gasteiger partial charge in [-0.3, -0.25) is 9.69 Å². The number of benzene rings is 1. The number of piperidine rings is 1. The van der Waals surface area contributed by atoms with Gasteiger partial charge in [-0.25, -0.2) is 8.78 Å². The highest BCUT2D eigenvalue weighted by Crippen LogP contribution is 2.17. The Kier molecular flexibility index (Phi) is 4.27. The molecule has 2 unspecified atom stereocenters. The topological polar surface area (TPSA) is 46.3 Å². The zero-order valence-corrected chi connectivity index (χ0v) is 10.9. The number of hydrogen-bond donors (Lipinski definition) is 1. The number of nitrogens with zero attached hydrogens (tertiary/aromatic N) is 1. The molecule has 2 N–H and O–H groups in total. The van der Waals surface area contributed by atoms with Crippen molar-refractivity contribution >= 4 is 5.78 Å². The second kappa shape index (κ2) is 5.75. The molecule has 2 rings (SSSR count). The standard InChI is InChI=1S/C14H18F2N2O/c1-9(18-6-2-3-11(17)8-18)14(19)12-5-4-10(15)7-13(12)16/h4-5,7,9,11H,2-3,6,8,17H2,1H3. The van der Waals surface area contributed by atoms with Crippen molar-refractivity contribution in [3.05, 3.63) is 35.4 Å². The van der Waals surface area contributed by atoms with Crippen molar-refractivity contribution in [1.29, 1.82) is 0 Å². The Morgan fingerprint density at radius 2 is 2.21 bits per heavy atom. The molecule has 104 valence electrons. The maximum atomic E-state index is 13.6. The van der Waals surface area contributed by atoms with Gasteiger partial charge >= 0.3 is 0 Å². The van der Waals surface area contributed by atoms with Crippen LogP contribution < -0.4 is 5.73 Å². The smallest absolute Gasteiger partial charge is 0.182 e. The quantitative estimate of drug-likeness (QED) is 0.852. The number of likely N-dealkylation sites (tertiary alicyclic amines) is 1. The molecular weight excluding hydrogens is 250 g/mol. The second-order valence-corrected chi connectivity index (χ2v) is 5.06. The molecule has 0 saturated carbocycles. The first-order valence-electron chi connectivity index (χ1n) is 6.48. The summed E-state index contributed by atoms with van der Waals surface area (Å²) in [6.07, 6.45) is 1.88. The molecule has 1 saturated heterocycles. The van der Waals surface area contributed by atoms with E-state index in [1.54, 1.807) is 6.92 Å². The predicted octanol–water partition coefficient (Wildman–Crippen LogP) is 1.96. The Bertz CT molecular complexity index is 479. The van der Waals surface area contributed by atoms with Crippen LogP contribution in [0.15, 0.2) is 18.2 Å². The van der Waals surface area contributed by atoms with Crippen molar-refractivity contribution in [2.45, 2.75) is 31.8 Å². The summed E-state index contributed by atoms with van der Waals surface area (Å²) < 4.78 is 26.4. The van der Waals surface area contributed by atoms with Crippen LogP contribution >= 0.6 is 0 Å². The third kappa shape index (κ3) is 3.16. The summed E-state index contributed by atoms with van der Waals surface area (Å²) in [5.41, 5.74) is 5.81. The van der Waals surface area contributed by atoms with Gasteiger partial charge in [0.25, 0.3) is 0 Å². The molecule has 1 aromatic rings. The lowest BCUT2D eigenvalue weighted by Crippen LogP contribution is -2.49. The van der Waals surface area contributed by atoms with Gasteiger partial charge in [0, 0.05) is 18.7 Å². The van der Waals surface area contributed by atoms with Crippen molar-refractivity contribution in [3.8, 4) is 0 Å². The van der Waals surface area contributed by atoms with E-state index in [4.69, 9.17) is 5.73 Å². The number of carbonyl (C=O) groups is 1. The summed E-state index contributed by atoms with van der Waals surface area (Å²) >= 11 is 0. The number of nitrogens with two attached hydrogens (primary N) is 1. The SMILES string of the molecule is CC(C(=O)c1ccc(F)cc1F)N1CCCC(N)C1. The predicted molar refractivity (Wildman–Crippen MR) is 68.9 cm³/mol. The van der Waals surface area contributed by atoms with Crippen LogP contribution in [0.4, 0.5) is 8.78 Å². The van der Waals surface area contributed by atoms with Crippen molar-refractivity contribution in [2.75, 3.05) is 13.1 Å². The summed E-state index contributed by atoms with van der Waals surface area (Å²) in [5, 5.41) is 0. The van der Waals surface area contributed by atoms with Crippen LogP contribution in [0.5, 0.6) is 0 Å². The fourth-order valence-corrected chi connectivity index (χ4v) is 2.47. The first-order valence-corrected chi connectivity index (χ1v) is 6.48. The molecule has 0 aliphatic carbocycles. The number of Topliss-reactive ketones (excluding diaryl/α,β-unsaturated/α-hetero) is 1. The Balaban J connectivity index is 2.14. The van der Waals surface area contributed by atoms with Gasteiger partial charge in [-0.15, -0.1) is 0 Å². The van der Waals surface area contributed by atoms with E-state index in [1.165, 1.54) is 6.07 Å². The van der Waals surface area contributed by atoms with Gasteiger partial charge in [-0.05, 0) is 38.4 Å². The van der Waals surface area contributed by atoms with Crippen LogP contribution in [0.2, 0.25) is 0 Å². The summed E-state index contributed by atoms with van der Waals surface area (Å²) in [4.78, 5) is 14.2. The van der Waals surface area contributed by atoms with E-state index in [2.05, 4.69) is 0 Å². The molecule has 1 aromatic carbocycles. The zero-order valence-electron chi connectivity index (χ0n) is 10.9. The van der Waals surface area contributed by atoms with Crippen molar-refractivity contribution in [3.63, 3.8) is 0 Å². The number of hydrogen-bond acceptors (Lipinski definition) is 3. The molecule has 0 aromatic heterocycles. The van der Waals surface area contributed by atoms with Crippen LogP contribution in [0.1, 0.15) is 30.1 Å². The fraction of sp³-hybridized carbons (Fsp3) is 0.500. The zero-order chi connectivity index (χ0) is 14.0. The van der Waals surface area contributed by atoms with Gasteiger partial charge in [0.2, 0.25) is 0 Å². The first-order chi connectivity index (χ1) is 8.99. The average molecular weight is 268 g/mol. The summed E-state index contributed by atoms with van der Waals surface area (Å²) in [6, 6.07) is 2.66. The Hall–Kier alpha value is -1.33. The van der Waals surface area contributed by atoms with E-state index in [0.717, 1.165) is 31.5 Å². The molecule has 19 heavy (non-hydrogen) atoms. The van der Waals surface area contributed by atoms with Gasteiger partial charge in [0.15, 0.2) is 5.78 Å². The average Bonchev–Trinajstić information content (AvgIpc) is 2.37. The third-order valence-corrected chi connectivity index (χ3v) is 3.61. The van der Waals surface area contributed by atoms with E-state index < -0.39 is 17.7 Å². The fourth-order valence-electron chi connectivity index (χ4n) is 2.47. The minimum atomic E-state index is -0.807. The van der Waals surface area contributed by atoms with Crippen LogP contribution in [0.25, 0.3) is 0 Å². The van der Waals surface area contributed by atoms with Crippen LogP contribution in [-0.4, -0.2) is 35.9 Å². The maximum absolute atomic E-state index is 13.6. The molecule has 0 bridgehead atoms. The van der Waals surface area contributed by atoms with E-state index in [1.807, 2.05) is 4.90 Å². The molecule has 2 atom stereocenters. The number of carbonyl (C=O) groups excluding carboxylic acids is 1. The lowest BCUT2D eigenvalue weighted by molar-refractivity contribution is 0.0790. The molecule has 0 amide bonds. The number of halogens is 2. The molecule has 0 radical (unpaired) electrons. The summed E-state index contributed by atoms with van der Waals surface area (Å²) in [5.74, 6) is -1.81. The van der Waals surface area contributed by atoms with Crippen LogP contribution in [-0.2, 0) is 0 Å². The van der Waals surface area contributed by atoms with Gasteiger partial charge in [0.1, 0.15) is 11.6 Å². The van der Waals surface area contributed by atoms with Gasteiger partial charge in [0.05, 0.1) is 11.6 Å². The number of rotatable bonds is 3. The van der Waals surface area contributed by atoms with E-state index in [0.29, 0.717) is 6.54 Å². The first kappa shape index (κ1) is 14.1. The Morgan fingerprint density at radius 3 is 2.84 bits per heavy atom. The van der Waals surface area contributed by atoms with Crippen molar-refractivity contribution < 1.29 is 13.6 Å². The number of ketones is 1. The Morgan fingerprint density at radius 1 is 1.47 bits per heavy atom. The molecule has 5 heteroatoms. The third-order valence-electron chi connectivity index (χ3n) is 3.61. The molecular formula is C14H18F2N2O. The van der Waals surface area contributed by atoms with E-state index in [-0.39, 0.29) is 17.4 Å². The Labute approximate surface area is 111 Å². The van der Waals surface area contributed by atoms with Gasteiger partial charge in [-0.2, -0.15) is 0 Å². The summed E-state index contributed by atoms with van der Waals surface area (Å²) in [7, 11) is 0. The molecule has 1 heterocycles. The lowest BCUT2D eigenvalue weighted by atomic mass is 9.99. The van der Waals surface area contributed by atoms with E-state index in [9.17, 15) is 13.6 Å². The second-order valence-electron chi connectivity index (χ2n) is 5.06. The van der Waals surface area contributed by atoms with Crippen LogP contribution in [0, 0.1) is 11.6 Å². The molecule has 3 nitrogen and oxygen atoms in total. The minimum absolute atomic E-state index is 0.0575. The lowest BCUT2D eigenvalue weighted by Gasteiger charge is -2.34. The van der Waals surface area contributed by atoms with Gasteiger partial charge in [-0.1, -0.05) is 0 Å². The molecule has 1 aliphatic heterocycles. The molecule has 1 fully saturated rings. The summed E-state index contributed by atoms with van der Waals surface area (Å²) in [6.45, 7) is 3.16. The normalized spacial score (nSPS) is 22.2. The highest BCUT2D eigenvalue weighted by atomic mass is 19.1. The van der Waals surface area contributed by atoms with Crippen LogP contribution in [0.3, 0.4) is 0 Å². The van der Waals surface area contributed by atoms with Crippen molar-refractivity contribution in [1.82, 2.24) is 4.90 Å². The van der Waals surface area contributed by atoms with E-state index >= 15 is 0 Å². The maximum Gasteiger partial charge on any atom is 0.182 e. The molecule has 0 spiro atoms.